The van der Waals surface area contributed by atoms with Gasteiger partial charge in [0.25, 0.3) is 0 Å². The van der Waals surface area contributed by atoms with Gasteiger partial charge in [0.2, 0.25) is 0 Å². The normalized spacial score (nSPS) is 22.2. The highest BCUT2D eigenvalue weighted by Crippen LogP contribution is 2.32. The molecule has 166 valence electrons. The van der Waals surface area contributed by atoms with E-state index in [1.54, 1.807) is 0 Å². The summed E-state index contributed by atoms with van der Waals surface area (Å²) in [5.41, 5.74) is 5.98. The number of hydrazine groups is 1. The Morgan fingerprint density at radius 1 is 0.938 bits per heavy atom. The van der Waals surface area contributed by atoms with Crippen LogP contribution in [0, 0.1) is 0 Å². The number of H-pyrrole nitrogens is 1. The zero-order chi connectivity index (χ0) is 21.3. The second-order valence-electron chi connectivity index (χ2n) is 8.54. The van der Waals surface area contributed by atoms with E-state index in [0.29, 0.717) is 5.92 Å². The largest absolute Gasteiger partial charge is 0.381 e. The molecule has 2 aromatic heterocycles. The first-order valence-electron chi connectivity index (χ1n) is 11.4. The van der Waals surface area contributed by atoms with Crippen molar-refractivity contribution in [3.63, 3.8) is 0 Å². The molecule has 1 aromatic carbocycles. The summed E-state index contributed by atoms with van der Waals surface area (Å²) in [5.74, 6) is 3.10. The van der Waals surface area contributed by atoms with Gasteiger partial charge in [0.05, 0.1) is 19.3 Å². The van der Waals surface area contributed by atoms with Gasteiger partial charge in [-0.3, -0.25) is 5.01 Å². The number of hydrogen-bond donors (Lipinski definition) is 2. The van der Waals surface area contributed by atoms with E-state index in [0.717, 1.165) is 75.3 Å². The van der Waals surface area contributed by atoms with Crippen LogP contribution in [0.15, 0.2) is 48.8 Å². The van der Waals surface area contributed by atoms with Gasteiger partial charge >= 0.3 is 0 Å². The number of nitrogens with one attached hydrogen (secondary N) is 2. The average Bonchev–Trinajstić information content (AvgIpc) is 3.52. The molecule has 6 rings (SSSR count). The van der Waals surface area contributed by atoms with E-state index in [4.69, 9.17) is 19.4 Å². The molecule has 3 aliphatic rings. The second kappa shape index (κ2) is 8.54. The summed E-state index contributed by atoms with van der Waals surface area (Å²) in [7, 11) is 0. The number of benzene rings is 1. The van der Waals surface area contributed by atoms with Crippen LogP contribution < -0.4 is 15.3 Å². The molecular weight excluding hydrogens is 404 g/mol. The lowest BCUT2D eigenvalue weighted by atomic mass is 9.99. The Morgan fingerprint density at radius 2 is 1.72 bits per heavy atom. The van der Waals surface area contributed by atoms with Crippen LogP contribution in [0.4, 0.5) is 11.6 Å². The Morgan fingerprint density at radius 3 is 2.59 bits per heavy atom. The summed E-state index contributed by atoms with van der Waals surface area (Å²) in [5, 5.41) is 3.26. The molecule has 2 N–H and O–H groups in total. The maximum atomic E-state index is 5.57. The Bertz CT molecular complexity index is 1080. The quantitative estimate of drug-likeness (QED) is 0.655. The first kappa shape index (κ1) is 19.7. The molecule has 5 heterocycles. The van der Waals surface area contributed by atoms with Crippen molar-refractivity contribution in [2.45, 2.75) is 24.8 Å². The summed E-state index contributed by atoms with van der Waals surface area (Å²) in [6.45, 7) is 4.72. The van der Waals surface area contributed by atoms with Gasteiger partial charge in [0.15, 0.2) is 5.82 Å². The van der Waals surface area contributed by atoms with Gasteiger partial charge in [-0.25, -0.2) is 15.4 Å². The lowest BCUT2D eigenvalue weighted by Gasteiger charge is -2.30. The van der Waals surface area contributed by atoms with Crippen LogP contribution in [0.3, 0.4) is 0 Å². The third-order valence-corrected chi connectivity index (χ3v) is 6.55. The van der Waals surface area contributed by atoms with Gasteiger partial charge in [-0.15, -0.1) is 0 Å². The molecule has 0 bridgehead atoms. The summed E-state index contributed by atoms with van der Waals surface area (Å²) < 4.78 is 11.1. The predicted molar refractivity (Wildman–Crippen MR) is 124 cm³/mol. The first-order chi connectivity index (χ1) is 15.8. The molecule has 0 saturated carbocycles. The van der Waals surface area contributed by atoms with Gasteiger partial charge in [0.1, 0.15) is 11.6 Å². The molecule has 2 saturated heterocycles. The van der Waals surface area contributed by atoms with Gasteiger partial charge in [0, 0.05) is 67.2 Å². The van der Waals surface area contributed by atoms with E-state index in [-0.39, 0.29) is 6.04 Å². The summed E-state index contributed by atoms with van der Waals surface area (Å²) in [6.07, 6.45) is 8.27. The highest BCUT2D eigenvalue weighted by atomic mass is 16.5. The molecule has 1 unspecified atom stereocenters. The fourth-order valence-electron chi connectivity index (χ4n) is 4.73. The number of fused-ring (bicyclic) bond motifs is 1. The van der Waals surface area contributed by atoms with E-state index in [1.165, 1.54) is 10.9 Å². The smallest absolute Gasteiger partial charge is 0.152 e. The fourth-order valence-corrected chi connectivity index (χ4v) is 4.73. The molecule has 32 heavy (non-hydrogen) atoms. The predicted octanol–water partition coefficient (Wildman–Crippen LogP) is 3.27. The Kier molecular flexibility index (Phi) is 5.26. The zero-order valence-corrected chi connectivity index (χ0v) is 18.0. The molecule has 0 amide bonds. The number of rotatable bonds is 4. The van der Waals surface area contributed by atoms with Crippen LogP contribution in [-0.2, 0) is 9.47 Å². The summed E-state index contributed by atoms with van der Waals surface area (Å²) >= 11 is 0. The highest BCUT2D eigenvalue weighted by Gasteiger charge is 2.26. The Labute approximate surface area is 187 Å². The van der Waals surface area contributed by atoms with Crippen LogP contribution in [0.2, 0.25) is 0 Å². The van der Waals surface area contributed by atoms with E-state index in [2.05, 4.69) is 64.1 Å². The number of aromatic amines is 1. The average molecular weight is 433 g/mol. The van der Waals surface area contributed by atoms with Crippen LogP contribution in [-0.4, -0.2) is 54.5 Å². The molecule has 1 atom stereocenters. The van der Waals surface area contributed by atoms with Crippen LogP contribution in [0.5, 0.6) is 0 Å². The standard InChI is InChI=1S/C24H28N6O2/c1-2-4-20-18(3-1)19(16-25-20)21-5-8-30(28-21)23-15-22(29-9-13-32-14-10-29)26-24(27-23)17-6-11-31-12-7-17/h1-5,8,15-17,21,25,28H,6-7,9-14H2. The van der Waals surface area contributed by atoms with Gasteiger partial charge in [-0.05, 0) is 25.0 Å². The van der Waals surface area contributed by atoms with Crippen molar-refractivity contribution in [2.24, 2.45) is 0 Å². The summed E-state index contributed by atoms with van der Waals surface area (Å²) in [4.78, 5) is 15.6. The Hall–Kier alpha value is -2.94. The van der Waals surface area contributed by atoms with Crippen LogP contribution >= 0.6 is 0 Å². The lowest BCUT2D eigenvalue weighted by molar-refractivity contribution is 0.0835. The van der Waals surface area contributed by atoms with Crippen molar-refractivity contribution in [2.75, 3.05) is 49.4 Å². The van der Waals surface area contributed by atoms with Gasteiger partial charge in [-0.2, -0.15) is 0 Å². The van der Waals surface area contributed by atoms with Crippen molar-refractivity contribution in [3.05, 3.63) is 60.2 Å². The Balaban J connectivity index is 1.30. The third-order valence-electron chi connectivity index (χ3n) is 6.55. The minimum Gasteiger partial charge on any atom is -0.381 e. The fraction of sp³-hybridized carbons (Fsp3) is 0.417. The van der Waals surface area contributed by atoms with Gasteiger partial charge < -0.3 is 19.4 Å². The SMILES string of the molecule is C1=CN(c2cc(N3CCOCC3)nc(C3CCOCC3)n2)NC1c1c[nH]c2ccccc12. The maximum Gasteiger partial charge on any atom is 0.152 e. The number of morpholine rings is 1. The third kappa shape index (κ3) is 3.74. The topological polar surface area (TPSA) is 78.5 Å². The van der Waals surface area contributed by atoms with E-state index in [9.17, 15) is 0 Å². The van der Waals surface area contributed by atoms with Crippen LogP contribution in [0.25, 0.3) is 10.9 Å². The number of anilines is 2. The lowest BCUT2D eigenvalue weighted by Crippen LogP contribution is -2.38. The maximum absolute atomic E-state index is 5.57. The summed E-state index contributed by atoms with van der Waals surface area (Å²) in [6, 6.07) is 10.6. The number of ether oxygens (including phenoxy) is 2. The van der Waals surface area contributed by atoms with Crippen molar-refractivity contribution >= 4 is 22.5 Å². The van der Waals surface area contributed by atoms with Crippen molar-refractivity contribution in [3.8, 4) is 0 Å². The molecule has 8 nitrogen and oxygen atoms in total. The first-order valence-corrected chi connectivity index (χ1v) is 11.4. The number of para-hydroxylation sites is 1. The monoisotopic (exact) mass is 432 g/mol. The molecular formula is C24H28N6O2. The molecule has 2 fully saturated rings. The molecule has 0 aliphatic carbocycles. The van der Waals surface area contributed by atoms with Crippen LogP contribution in [0.1, 0.15) is 36.2 Å². The number of nitrogens with zero attached hydrogens (tertiary/aromatic N) is 4. The zero-order valence-electron chi connectivity index (χ0n) is 18.0. The van der Waals surface area contributed by atoms with E-state index in [1.807, 2.05) is 5.01 Å². The van der Waals surface area contributed by atoms with Crippen molar-refractivity contribution in [1.29, 1.82) is 0 Å². The van der Waals surface area contributed by atoms with E-state index >= 15 is 0 Å². The molecule has 0 radical (unpaired) electrons. The minimum absolute atomic E-state index is 0.0829. The highest BCUT2D eigenvalue weighted by molar-refractivity contribution is 5.84. The molecule has 0 spiro atoms. The van der Waals surface area contributed by atoms with E-state index < -0.39 is 0 Å². The molecule has 3 aliphatic heterocycles. The molecule has 3 aromatic rings. The molecule has 8 heteroatoms. The second-order valence-corrected chi connectivity index (χ2v) is 8.54. The van der Waals surface area contributed by atoms with Crippen molar-refractivity contribution in [1.82, 2.24) is 20.4 Å². The number of aromatic nitrogens is 3. The van der Waals surface area contributed by atoms with Gasteiger partial charge in [-0.1, -0.05) is 18.2 Å². The number of hydrogen-bond acceptors (Lipinski definition) is 7. The van der Waals surface area contributed by atoms with Crippen molar-refractivity contribution < 1.29 is 9.47 Å². The minimum atomic E-state index is 0.0829.